The molecule has 3 nitrogen and oxygen atoms in total. The van der Waals surface area contributed by atoms with Crippen LogP contribution in [0.4, 0.5) is 0 Å². The van der Waals surface area contributed by atoms with E-state index in [0.29, 0.717) is 16.5 Å². The van der Waals surface area contributed by atoms with Gasteiger partial charge in [-0.2, -0.15) is 0 Å². The third kappa shape index (κ3) is 2.64. The van der Waals surface area contributed by atoms with Crippen LogP contribution < -0.4 is 0 Å². The number of carbonyl (C=O) groups is 1. The Balaban J connectivity index is 1.71. The predicted octanol–water partition coefficient (Wildman–Crippen LogP) is 4.72. The highest BCUT2D eigenvalue weighted by Gasteiger charge is 2.21. The van der Waals surface area contributed by atoms with Gasteiger partial charge in [0.15, 0.2) is 6.29 Å². The molecule has 4 rings (SSSR count). The number of likely N-dealkylation sites (N-methyl/N-ethyl adjacent to an activating group) is 1. The lowest BCUT2D eigenvalue weighted by Gasteiger charge is -2.12. The molecular formula is C20H19ClN2O. The van der Waals surface area contributed by atoms with Gasteiger partial charge in [-0.1, -0.05) is 35.9 Å². The van der Waals surface area contributed by atoms with E-state index in [2.05, 4.69) is 41.2 Å². The molecule has 3 aromatic rings. The van der Waals surface area contributed by atoms with Crippen LogP contribution in [0.1, 0.15) is 28.3 Å². The van der Waals surface area contributed by atoms with E-state index in [4.69, 9.17) is 11.6 Å². The Morgan fingerprint density at radius 1 is 1.25 bits per heavy atom. The number of halogens is 1. The second-order valence-corrected chi connectivity index (χ2v) is 7.02. The second kappa shape index (κ2) is 6.08. The van der Waals surface area contributed by atoms with Crippen LogP contribution >= 0.6 is 11.6 Å². The molecule has 0 bridgehead atoms. The summed E-state index contributed by atoms with van der Waals surface area (Å²) in [4.78, 5) is 16.6. The molecule has 2 aromatic carbocycles. The first kappa shape index (κ1) is 15.4. The highest BCUT2D eigenvalue weighted by atomic mass is 35.5. The van der Waals surface area contributed by atoms with Crippen molar-refractivity contribution in [3.8, 4) is 11.1 Å². The van der Waals surface area contributed by atoms with Gasteiger partial charge in [-0.05, 0) is 49.2 Å². The highest BCUT2D eigenvalue weighted by molar-refractivity contribution is 6.34. The van der Waals surface area contributed by atoms with Gasteiger partial charge in [-0.25, -0.2) is 0 Å². The zero-order chi connectivity index (χ0) is 16.7. The number of nitrogens with one attached hydrogen (secondary N) is 1. The molecule has 24 heavy (non-hydrogen) atoms. The molecule has 0 aliphatic carbocycles. The Labute approximate surface area is 146 Å². The van der Waals surface area contributed by atoms with Crippen molar-refractivity contribution in [2.45, 2.75) is 12.3 Å². The summed E-state index contributed by atoms with van der Waals surface area (Å²) in [6.07, 6.45) is 3.81. The minimum Gasteiger partial charge on any atom is -0.360 e. The number of aromatic nitrogens is 1. The third-order valence-electron chi connectivity index (χ3n) is 5.01. The van der Waals surface area contributed by atoms with Crippen LogP contribution in [0.5, 0.6) is 0 Å². The molecule has 2 heterocycles. The number of likely N-dealkylation sites (tertiary alicyclic amines) is 1. The summed E-state index contributed by atoms with van der Waals surface area (Å²) in [7, 11) is 2.17. The Bertz CT molecular complexity index is 898. The number of benzene rings is 2. The SMILES string of the molecule is CN1CCC(c2ccc(-c3cc4c(C=O)c[nH]c4cc3Cl)cc2)C1. The summed E-state index contributed by atoms with van der Waals surface area (Å²) < 4.78 is 0. The normalized spacial score (nSPS) is 18.3. The van der Waals surface area contributed by atoms with Gasteiger partial charge in [0.25, 0.3) is 0 Å². The number of aldehydes is 1. The number of nitrogens with zero attached hydrogens (tertiary/aromatic N) is 1. The van der Waals surface area contributed by atoms with Crippen LogP contribution in [-0.4, -0.2) is 36.3 Å². The zero-order valence-corrected chi connectivity index (χ0v) is 14.3. The van der Waals surface area contributed by atoms with Crippen molar-refractivity contribution in [1.29, 1.82) is 0 Å². The summed E-state index contributed by atoms with van der Waals surface area (Å²) in [5, 5.41) is 1.60. The van der Waals surface area contributed by atoms with Gasteiger partial charge < -0.3 is 9.88 Å². The first-order valence-corrected chi connectivity index (χ1v) is 8.58. The largest absolute Gasteiger partial charge is 0.360 e. The summed E-state index contributed by atoms with van der Waals surface area (Å²) in [5.41, 5.74) is 4.97. The first-order valence-electron chi connectivity index (χ1n) is 8.20. The van der Waals surface area contributed by atoms with Crippen LogP contribution in [0.3, 0.4) is 0 Å². The molecule has 1 atom stereocenters. The topological polar surface area (TPSA) is 36.1 Å². The van der Waals surface area contributed by atoms with Crippen molar-refractivity contribution in [3.63, 3.8) is 0 Å². The van der Waals surface area contributed by atoms with Gasteiger partial charge in [-0.3, -0.25) is 4.79 Å². The number of H-pyrrole nitrogens is 1. The molecule has 0 spiro atoms. The number of aromatic amines is 1. The number of rotatable bonds is 3. The predicted molar refractivity (Wildman–Crippen MR) is 99.0 cm³/mol. The van der Waals surface area contributed by atoms with E-state index in [1.807, 2.05) is 12.1 Å². The fourth-order valence-electron chi connectivity index (χ4n) is 3.63. The Hall–Kier alpha value is -2.10. The van der Waals surface area contributed by atoms with Crippen molar-refractivity contribution in [2.24, 2.45) is 0 Å². The van der Waals surface area contributed by atoms with E-state index in [9.17, 15) is 4.79 Å². The molecule has 122 valence electrons. The van der Waals surface area contributed by atoms with Crippen molar-refractivity contribution >= 4 is 28.8 Å². The van der Waals surface area contributed by atoms with Crippen LogP contribution in [0.2, 0.25) is 5.02 Å². The van der Waals surface area contributed by atoms with E-state index in [1.54, 1.807) is 6.20 Å². The van der Waals surface area contributed by atoms with Crippen LogP contribution in [0.25, 0.3) is 22.0 Å². The maximum atomic E-state index is 11.2. The lowest BCUT2D eigenvalue weighted by atomic mass is 9.95. The standard InChI is InChI=1S/C20H19ClN2O/c1-23-7-6-15(11-23)13-2-4-14(5-3-13)17-8-18-16(12-24)10-22-20(18)9-19(17)21/h2-5,8-10,12,15,22H,6-7,11H2,1H3. The average molecular weight is 339 g/mol. The van der Waals surface area contributed by atoms with E-state index in [0.717, 1.165) is 41.4 Å². The number of fused-ring (bicyclic) bond motifs is 1. The molecule has 4 heteroatoms. The van der Waals surface area contributed by atoms with Crippen LogP contribution in [-0.2, 0) is 0 Å². The van der Waals surface area contributed by atoms with Gasteiger partial charge in [0.2, 0.25) is 0 Å². The van der Waals surface area contributed by atoms with Gasteiger partial charge in [0, 0.05) is 34.8 Å². The molecule has 1 aliphatic heterocycles. The monoisotopic (exact) mass is 338 g/mol. The van der Waals surface area contributed by atoms with Crippen molar-refractivity contribution in [1.82, 2.24) is 9.88 Å². The Morgan fingerprint density at radius 2 is 2.04 bits per heavy atom. The zero-order valence-electron chi connectivity index (χ0n) is 13.6. The minimum atomic E-state index is 0.619. The Kier molecular flexibility index (Phi) is 3.91. The van der Waals surface area contributed by atoms with Gasteiger partial charge in [-0.15, -0.1) is 0 Å². The highest BCUT2D eigenvalue weighted by Crippen LogP contribution is 2.34. The maximum absolute atomic E-state index is 11.2. The fourth-order valence-corrected chi connectivity index (χ4v) is 3.90. The maximum Gasteiger partial charge on any atom is 0.152 e. The minimum absolute atomic E-state index is 0.619. The first-order chi connectivity index (χ1) is 11.7. The van der Waals surface area contributed by atoms with E-state index in [1.165, 1.54) is 12.0 Å². The molecular weight excluding hydrogens is 320 g/mol. The number of hydrogen-bond donors (Lipinski definition) is 1. The summed E-state index contributed by atoms with van der Waals surface area (Å²) >= 11 is 6.46. The molecule has 1 aromatic heterocycles. The molecule has 1 N–H and O–H groups in total. The van der Waals surface area contributed by atoms with Crippen molar-refractivity contribution in [2.75, 3.05) is 20.1 Å². The second-order valence-electron chi connectivity index (χ2n) is 6.61. The molecule has 0 amide bonds. The van der Waals surface area contributed by atoms with Gasteiger partial charge >= 0.3 is 0 Å². The molecule has 1 aliphatic rings. The third-order valence-corrected chi connectivity index (χ3v) is 5.33. The molecule has 1 unspecified atom stereocenters. The van der Waals surface area contributed by atoms with Gasteiger partial charge in [0.05, 0.1) is 5.02 Å². The van der Waals surface area contributed by atoms with E-state index >= 15 is 0 Å². The van der Waals surface area contributed by atoms with E-state index < -0.39 is 0 Å². The van der Waals surface area contributed by atoms with E-state index in [-0.39, 0.29) is 0 Å². The Morgan fingerprint density at radius 3 is 2.71 bits per heavy atom. The van der Waals surface area contributed by atoms with Crippen molar-refractivity contribution in [3.05, 3.63) is 58.7 Å². The number of carbonyl (C=O) groups excluding carboxylic acids is 1. The quantitative estimate of drug-likeness (QED) is 0.701. The van der Waals surface area contributed by atoms with Gasteiger partial charge in [0.1, 0.15) is 0 Å². The summed E-state index contributed by atoms with van der Waals surface area (Å²) in [6.45, 7) is 2.29. The van der Waals surface area contributed by atoms with Crippen LogP contribution in [0, 0.1) is 0 Å². The summed E-state index contributed by atoms with van der Waals surface area (Å²) in [6, 6.07) is 12.6. The smallest absolute Gasteiger partial charge is 0.152 e. The summed E-state index contributed by atoms with van der Waals surface area (Å²) in [5.74, 6) is 0.619. The molecule has 1 fully saturated rings. The molecule has 0 saturated carbocycles. The lowest BCUT2D eigenvalue weighted by Crippen LogP contribution is -2.13. The number of hydrogen-bond acceptors (Lipinski definition) is 2. The molecule has 0 radical (unpaired) electrons. The van der Waals surface area contributed by atoms with Crippen molar-refractivity contribution < 1.29 is 4.79 Å². The lowest BCUT2D eigenvalue weighted by molar-refractivity contribution is 0.112. The molecule has 1 saturated heterocycles. The van der Waals surface area contributed by atoms with Crippen LogP contribution in [0.15, 0.2) is 42.6 Å². The fraction of sp³-hybridized carbons (Fsp3) is 0.250. The average Bonchev–Trinajstić information content (AvgIpc) is 3.20.